The van der Waals surface area contributed by atoms with Gasteiger partial charge in [-0.15, -0.1) is 0 Å². The van der Waals surface area contributed by atoms with Crippen molar-refractivity contribution in [3.8, 4) is 0 Å². The molecule has 1 amide bonds. The van der Waals surface area contributed by atoms with Crippen molar-refractivity contribution in [1.82, 2.24) is 9.88 Å². The summed E-state index contributed by atoms with van der Waals surface area (Å²) in [6, 6.07) is 7.47. The Morgan fingerprint density at radius 2 is 2.13 bits per heavy atom. The molecular formula is C16H17F3N2O2. The highest BCUT2D eigenvalue weighted by atomic mass is 19.4. The number of nitrogens with zero attached hydrogens (tertiary/aromatic N) is 1. The lowest BCUT2D eigenvalue weighted by Gasteiger charge is -2.33. The van der Waals surface area contributed by atoms with Crippen LogP contribution in [-0.2, 0) is 11.2 Å². The monoisotopic (exact) mass is 326 g/mol. The van der Waals surface area contributed by atoms with Crippen molar-refractivity contribution in [1.29, 1.82) is 0 Å². The standard InChI is InChI=1S/C16H17F3N2O2/c1-2-10-11-5-3-4-6-12(11)20-14(10)15(22)21-7-8-23-13(9-21)16(17,18)19/h3-6,13,20H,2,7-9H2,1H3/t13-/m1/s1. The first kappa shape index (κ1) is 15.9. The zero-order chi connectivity index (χ0) is 16.6. The van der Waals surface area contributed by atoms with Crippen molar-refractivity contribution in [2.45, 2.75) is 25.6 Å². The molecule has 1 aromatic carbocycles. The molecule has 1 N–H and O–H groups in total. The van der Waals surface area contributed by atoms with E-state index >= 15 is 0 Å². The fourth-order valence-corrected chi connectivity index (χ4v) is 2.94. The van der Waals surface area contributed by atoms with Crippen LogP contribution < -0.4 is 0 Å². The third kappa shape index (κ3) is 2.93. The van der Waals surface area contributed by atoms with Gasteiger partial charge in [0.05, 0.1) is 13.2 Å². The van der Waals surface area contributed by atoms with Gasteiger partial charge in [0, 0.05) is 17.4 Å². The third-order valence-electron chi connectivity index (χ3n) is 4.10. The van der Waals surface area contributed by atoms with Gasteiger partial charge >= 0.3 is 6.18 Å². The van der Waals surface area contributed by atoms with Crippen molar-refractivity contribution in [3.05, 3.63) is 35.5 Å². The van der Waals surface area contributed by atoms with Crippen LogP contribution in [0.4, 0.5) is 13.2 Å². The maximum atomic E-state index is 12.8. The van der Waals surface area contributed by atoms with E-state index in [-0.39, 0.29) is 13.2 Å². The molecule has 0 saturated carbocycles. The molecule has 1 fully saturated rings. The number of aryl methyl sites for hydroxylation is 1. The number of hydrogen-bond donors (Lipinski definition) is 1. The van der Waals surface area contributed by atoms with E-state index in [1.54, 1.807) is 0 Å². The number of ether oxygens (including phenoxy) is 1. The summed E-state index contributed by atoms with van der Waals surface area (Å²) in [5.41, 5.74) is 2.02. The van der Waals surface area contributed by atoms with E-state index in [1.807, 2.05) is 31.2 Å². The number of nitrogens with one attached hydrogen (secondary N) is 1. The maximum Gasteiger partial charge on any atom is 0.416 e. The van der Waals surface area contributed by atoms with Gasteiger partial charge in [0.1, 0.15) is 5.69 Å². The Morgan fingerprint density at radius 1 is 1.39 bits per heavy atom. The Morgan fingerprint density at radius 3 is 2.83 bits per heavy atom. The summed E-state index contributed by atoms with van der Waals surface area (Å²) in [6.07, 6.45) is -5.76. The Balaban J connectivity index is 1.91. The van der Waals surface area contributed by atoms with Crippen LogP contribution in [-0.4, -0.2) is 47.8 Å². The van der Waals surface area contributed by atoms with E-state index < -0.39 is 24.7 Å². The Kier molecular flexibility index (Phi) is 4.06. The van der Waals surface area contributed by atoms with Crippen molar-refractivity contribution < 1.29 is 22.7 Å². The minimum atomic E-state index is -4.47. The third-order valence-corrected chi connectivity index (χ3v) is 4.10. The number of rotatable bonds is 2. The zero-order valence-corrected chi connectivity index (χ0v) is 12.6. The molecule has 0 radical (unpaired) electrons. The van der Waals surface area contributed by atoms with E-state index in [0.29, 0.717) is 12.1 Å². The molecular weight excluding hydrogens is 309 g/mol. The molecule has 1 saturated heterocycles. The number of carbonyl (C=O) groups is 1. The lowest BCUT2D eigenvalue weighted by atomic mass is 10.1. The van der Waals surface area contributed by atoms with Gasteiger partial charge in [0.15, 0.2) is 6.10 Å². The summed E-state index contributed by atoms with van der Waals surface area (Å²) in [6.45, 7) is 1.49. The lowest BCUT2D eigenvalue weighted by molar-refractivity contribution is -0.233. The molecule has 1 atom stereocenters. The SMILES string of the molecule is CCc1c(C(=O)N2CCO[C@@H](C(F)(F)F)C2)[nH]c2ccccc12. The van der Waals surface area contributed by atoms with Gasteiger partial charge in [-0.25, -0.2) is 0 Å². The van der Waals surface area contributed by atoms with E-state index in [2.05, 4.69) is 4.98 Å². The van der Waals surface area contributed by atoms with Crippen molar-refractivity contribution in [3.63, 3.8) is 0 Å². The Hall–Kier alpha value is -2.02. The topological polar surface area (TPSA) is 45.3 Å². The highest BCUT2D eigenvalue weighted by Gasteiger charge is 2.44. The van der Waals surface area contributed by atoms with Crippen LogP contribution in [0.5, 0.6) is 0 Å². The van der Waals surface area contributed by atoms with Crippen LogP contribution in [0.25, 0.3) is 10.9 Å². The van der Waals surface area contributed by atoms with E-state index in [0.717, 1.165) is 16.5 Å². The van der Waals surface area contributed by atoms with Gasteiger partial charge in [-0.3, -0.25) is 4.79 Å². The average Bonchev–Trinajstić information content (AvgIpc) is 2.92. The van der Waals surface area contributed by atoms with Crippen LogP contribution >= 0.6 is 0 Å². The quantitative estimate of drug-likeness (QED) is 0.921. The van der Waals surface area contributed by atoms with Gasteiger partial charge in [0.25, 0.3) is 5.91 Å². The van der Waals surface area contributed by atoms with Crippen LogP contribution in [0.15, 0.2) is 24.3 Å². The second kappa shape index (κ2) is 5.88. The minimum absolute atomic E-state index is 0.113. The summed E-state index contributed by atoms with van der Waals surface area (Å²) in [5.74, 6) is -0.407. The first-order valence-corrected chi connectivity index (χ1v) is 7.49. The largest absolute Gasteiger partial charge is 0.416 e. The number of halogens is 3. The number of amides is 1. The van der Waals surface area contributed by atoms with Crippen LogP contribution in [0, 0.1) is 0 Å². The molecule has 1 aliphatic rings. The molecule has 0 bridgehead atoms. The fourth-order valence-electron chi connectivity index (χ4n) is 2.94. The molecule has 7 heteroatoms. The van der Waals surface area contributed by atoms with E-state index in [1.165, 1.54) is 4.90 Å². The molecule has 3 rings (SSSR count). The molecule has 4 nitrogen and oxygen atoms in total. The summed E-state index contributed by atoms with van der Waals surface area (Å²) in [7, 11) is 0. The number of para-hydroxylation sites is 1. The smallest absolute Gasteiger partial charge is 0.365 e. The Bertz CT molecular complexity index is 724. The van der Waals surface area contributed by atoms with Crippen LogP contribution in [0.2, 0.25) is 0 Å². The fraction of sp³-hybridized carbons (Fsp3) is 0.438. The maximum absolute atomic E-state index is 12.8. The number of aromatic amines is 1. The van der Waals surface area contributed by atoms with E-state index in [9.17, 15) is 18.0 Å². The highest BCUT2D eigenvalue weighted by Crippen LogP contribution is 2.28. The minimum Gasteiger partial charge on any atom is -0.365 e. The number of H-pyrrole nitrogens is 1. The second-order valence-electron chi connectivity index (χ2n) is 5.53. The summed E-state index contributed by atoms with van der Waals surface area (Å²) < 4.78 is 43.2. The zero-order valence-electron chi connectivity index (χ0n) is 12.6. The molecule has 0 aliphatic carbocycles. The van der Waals surface area contributed by atoms with Gasteiger partial charge in [0.2, 0.25) is 0 Å². The molecule has 0 unspecified atom stereocenters. The first-order chi connectivity index (χ1) is 10.9. The molecule has 124 valence electrons. The van der Waals surface area contributed by atoms with Crippen molar-refractivity contribution in [2.24, 2.45) is 0 Å². The van der Waals surface area contributed by atoms with Crippen LogP contribution in [0.3, 0.4) is 0 Å². The molecule has 2 heterocycles. The average molecular weight is 326 g/mol. The van der Waals surface area contributed by atoms with Crippen molar-refractivity contribution >= 4 is 16.8 Å². The van der Waals surface area contributed by atoms with Gasteiger partial charge in [-0.2, -0.15) is 13.2 Å². The molecule has 2 aromatic rings. The Labute approximate surface area is 131 Å². The lowest BCUT2D eigenvalue weighted by Crippen LogP contribution is -2.51. The molecule has 0 spiro atoms. The van der Waals surface area contributed by atoms with Crippen LogP contribution in [0.1, 0.15) is 23.0 Å². The summed E-state index contributed by atoms with van der Waals surface area (Å²) in [5, 5.41) is 0.930. The number of benzene rings is 1. The predicted octanol–water partition coefficient (Wildman–Crippen LogP) is 3.13. The predicted molar refractivity (Wildman–Crippen MR) is 79.4 cm³/mol. The van der Waals surface area contributed by atoms with Gasteiger partial charge in [-0.05, 0) is 18.1 Å². The molecule has 1 aromatic heterocycles. The van der Waals surface area contributed by atoms with Crippen molar-refractivity contribution in [2.75, 3.05) is 19.7 Å². The summed E-state index contributed by atoms with van der Waals surface area (Å²) in [4.78, 5) is 17.0. The first-order valence-electron chi connectivity index (χ1n) is 7.49. The molecule has 1 aliphatic heterocycles. The number of morpholine rings is 1. The van der Waals surface area contributed by atoms with E-state index in [4.69, 9.17) is 4.74 Å². The highest BCUT2D eigenvalue weighted by molar-refractivity contribution is 6.01. The molecule has 23 heavy (non-hydrogen) atoms. The number of hydrogen-bond acceptors (Lipinski definition) is 2. The normalized spacial score (nSPS) is 19.3. The number of fused-ring (bicyclic) bond motifs is 1. The van der Waals surface area contributed by atoms with Gasteiger partial charge in [-0.1, -0.05) is 25.1 Å². The summed E-state index contributed by atoms with van der Waals surface area (Å²) >= 11 is 0. The van der Waals surface area contributed by atoms with Gasteiger partial charge < -0.3 is 14.6 Å². The number of aromatic nitrogens is 1. The number of carbonyl (C=O) groups excluding carboxylic acids is 1. The number of alkyl halides is 3. The second-order valence-corrected chi connectivity index (χ2v) is 5.53.